The number of hydrogen-bond donors (Lipinski definition) is 1. The van der Waals surface area contributed by atoms with Gasteiger partial charge in [0.2, 0.25) is 0 Å². The molecule has 0 saturated carbocycles. The molecule has 2 N–H and O–H groups in total. The SMILES string of the molecule is Nc1cc(C(F)(F)F)ccc1N1CCCC(F)(F)C1. The Morgan fingerprint density at radius 3 is 2.42 bits per heavy atom. The topological polar surface area (TPSA) is 29.3 Å². The van der Waals surface area contributed by atoms with Crippen molar-refractivity contribution in [2.75, 3.05) is 23.7 Å². The molecule has 1 aliphatic rings. The molecule has 0 aliphatic carbocycles. The Bertz CT molecular complexity index is 470. The van der Waals surface area contributed by atoms with Crippen molar-refractivity contribution in [3.05, 3.63) is 23.8 Å². The van der Waals surface area contributed by atoms with Crippen molar-refractivity contribution in [3.8, 4) is 0 Å². The molecular weight excluding hydrogens is 267 g/mol. The summed E-state index contributed by atoms with van der Waals surface area (Å²) in [5.74, 6) is -2.83. The van der Waals surface area contributed by atoms with Crippen LogP contribution < -0.4 is 10.6 Å². The first kappa shape index (κ1) is 13.9. The highest BCUT2D eigenvalue weighted by atomic mass is 19.4. The third-order valence-electron chi connectivity index (χ3n) is 3.09. The van der Waals surface area contributed by atoms with E-state index in [2.05, 4.69) is 0 Å². The first-order valence-corrected chi connectivity index (χ1v) is 5.78. The number of nitrogen functional groups attached to an aromatic ring is 1. The second-order valence-corrected chi connectivity index (χ2v) is 4.65. The van der Waals surface area contributed by atoms with E-state index < -0.39 is 24.2 Å². The van der Waals surface area contributed by atoms with Gasteiger partial charge in [0.15, 0.2) is 0 Å². The molecule has 1 saturated heterocycles. The molecule has 1 aliphatic heterocycles. The number of benzene rings is 1. The summed E-state index contributed by atoms with van der Waals surface area (Å²) >= 11 is 0. The second kappa shape index (κ2) is 4.54. The highest BCUT2D eigenvalue weighted by Gasteiger charge is 2.36. The van der Waals surface area contributed by atoms with Gasteiger partial charge in [0.25, 0.3) is 5.92 Å². The van der Waals surface area contributed by atoms with Gasteiger partial charge in [-0.2, -0.15) is 13.2 Å². The van der Waals surface area contributed by atoms with E-state index in [9.17, 15) is 22.0 Å². The zero-order valence-corrected chi connectivity index (χ0v) is 9.97. The minimum atomic E-state index is -4.49. The molecule has 106 valence electrons. The van der Waals surface area contributed by atoms with Crippen molar-refractivity contribution in [1.29, 1.82) is 0 Å². The lowest BCUT2D eigenvalue weighted by Crippen LogP contribution is -2.42. The predicted molar refractivity (Wildman–Crippen MR) is 62.3 cm³/mol. The number of alkyl halides is 5. The lowest BCUT2D eigenvalue weighted by atomic mass is 10.1. The molecule has 0 unspecified atom stereocenters. The van der Waals surface area contributed by atoms with E-state index in [4.69, 9.17) is 5.73 Å². The third kappa shape index (κ3) is 3.08. The number of nitrogens with zero attached hydrogens (tertiary/aromatic N) is 1. The maximum absolute atomic E-state index is 13.3. The number of nitrogens with two attached hydrogens (primary N) is 1. The molecule has 1 aromatic rings. The second-order valence-electron chi connectivity index (χ2n) is 4.65. The fraction of sp³-hybridized carbons (Fsp3) is 0.500. The zero-order chi connectivity index (χ0) is 14.3. The van der Waals surface area contributed by atoms with Crippen molar-refractivity contribution in [2.45, 2.75) is 24.9 Å². The van der Waals surface area contributed by atoms with E-state index in [1.165, 1.54) is 4.90 Å². The molecule has 0 bridgehead atoms. The monoisotopic (exact) mass is 280 g/mol. The summed E-state index contributed by atoms with van der Waals surface area (Å²) < 4.78 is 64.0. The highest BCUT2D eigenvalue weighted by molar-refractivity contribution is 5.69. The summed E-state index contributed by atoms with van der Waals surface area (Å²) in [7, 11) is 0. The van der Waals surface area contributed by atoms with Gasteiger partial charge in [-0.15, -0.1) is 0 Å². The van der Waals surface area contributed by atoms with Gasteiger partial charge in [0.05, 0.1) is 23.5 Å². The fourth-order valence-corrected chi connectivity index (χ4v) is 2.19. The van der Waals surface area contributed by atoms with Crippen molar-refractivity contribution >= 4 is 11.4 Å². The minimum Gasteiger partial charge on any atom is -0.397 e. The van der Waals surface area contributed by atoms with Gasteiger partial charge >= 0.3 is 6.18 Å². The summed E-state index contributed by atoms with van der Waals surface area (Å²) in [4.78, 5) is 1.33. The van der Waals surface area contributed by atoms with Crippen molar-refractivity contribution in [3.63, 3.8) is 0 Å². The van der Waals surface area contributed by atoms with Crippen LogP contribution in [0, 0.1) is 0 Å². The third-order valence-corrected chi connectivity index (χ3v) is 3.09. The van der Waals surface area contributed by atoms with E-state index in [0.29, 0.717) is 6.54 Å². The molecule has 7 heteroatoms. The average molecular weight is 280 g/mol. The van der Waals surface area contributed by atoms with Crippen LogP contribution >= 0.6 is 0 Å². The largest absolute Gasteiger partial charge is 0.416 e. The van der Waals surface area contributed by atoms with Crippen LogP contribution in [0.15, 0.2) is 18.2 Å². The van der Waals surface area contributed by atoms with Gasteiger partial charge in [-0.3, -0.25) is 0 Å². The maximum Gasteiger partial charge on any atom is 0.416 e. The lowest BCUT2D eigenvalue weighted by Gasteiger charge is -2.34. The number of anilines is 2. The van der Waals surface area contributed by atoms with Crippen LogP contribution in [0.1, 0.15) is 18.4 Å². The van der Waals surface area contributed by atoms with Crippen LogP contribution in [0.5, 0.6) is 0 Å². The summed E-state index contributed by atoms with van der Waals surface area (Å²) in [5, 5.41) is 0. The van der Waals surface area contributed by atoms with E-state index >= 15 is 0 Å². The van der Waals surface area contributed by atoms with Crippen molar-refractivity contribution in [2.24, 2.45) is 0 Å². The zero-order valence-electron chi connectivity index (χ0n) is 9.97. The molecule has 1 aromatic carbocycles. The molecule has 0 radical (unpaired) electrons. The Kier molecular flexibility index (Phi) is 3.32. The van der Waals surface area contributed by atoms with Gasteiger partial charge in [-0.05, 0) is 24.6 Å². The average Bonchev–Trinajstić information content (AvgIpc) is 2.26. The Labute approximate surface area is 107 Å². The van der Waals surface area contributed by atoms with E-state index in [1.54, 1.807) is 0 Å². The number of piperidine rings is 1. The summed E-state index contributed by atoms with van der Waals surface area (Å²) in [6.45, 7) is -0.145. The van der Waals surface area contributed by atoms with Gasteiger partial charge in [-0.25, -0.2) is 8.78 Å². The Morgan fingerprint density at radius 2 is 1.89 bits per heavy atom. The van der Waals surface area contributed by atoms with Crippen LogP contribution in [0.3, 0.4) is 0 Å². The smallest absolute Gasteiger partial charge is 0.397 e. The molecule has 0 spiro atoms. The lowest BCUT2D eigenvalue weighted by molar-refractivity contribution is -0.137. The van der Waals surface area contributed by atoms with Crippen molar-refractivity contribution in [1.82, 2.24) is 0 Å². The predicted octanol–water partition coefficient (Wildman–Crippen LogP) is 3.52. The molecule has 2 nitrogen and oxygen atoms in total. The van der Waals surface area contributed by atoms with Gasteiger partial charge in [0.1, 0.15) is 0 Å². The quantitative estimate of drug-likeness (QED) is 0.630. The first-order valence-electron chi connectivity index (χ1n) is 5.78. The van der Waals surface area contributed by atoms with Gasteiger partial charge in [0, 0.05) is 13.0 Å². The summed E-state index contributed by atoms with van der Waals surface area (Å²) in [6.07, 6.45) is -4.41. The molecule has 2 rings (SSSR count). The molecule has 19 heavy (non-hydrogen) atoms. The molecule has 1 fully saturated rings. The number of rotatable bonds is 1. The maximum atomic E-state index is 13.3. The van der Waals surface area contributed by atoms with Gasteiger partial charge in [-0.1, -0.05) is 0 Å². The van der Waals surface area contributed by atoms with Crippen LogP contribution in [-0.4, -0.2) is 19.0 Å². The fourth-order valence-electron chi connectivity index (χ4n) is 2.19. The Morgan fingerprint density at radius 1 is 1.21 bits per heavy atom. The van der Waals surface area contributed by atoms with Crippen LogP contribution in [0.25, 0.3) is 0 Å². The van der Waals surface area contributed by atoms with Crippen LogP contribution in [0.2, 0.25) is 0 Å². The van der Waals surface area contributed by atoms with E-state index in [0.717, 1.165) is 18.2 Å². The summed E-state index contributed by atoms with van der Waals surface area (Å²) in [6, 6.07) is 2.79. The molecule has 0 atom stereocenters. The molecule has 1 heterocycles. The molecular formula is C12H13F5N2. The number of halogens is 5. The normalized spacial score (nSPS) is 19.5. The molecule has 0 aromatic heterocycles. The Hall–Kier alpha value is -1.53. The standard InChI is InChI=1S/C12H13F5N2/c13-11(14)4-1-5-19(7-11)10-3-2-8(6-9(10)18)12(15,16)17/h2-3,6H,1,4-5,7,18H2. The highest BCUT2D eigenvalue weighted by Crippen LogP contribution is 2.36. The van der Waals surface area contributed by atoms with Crippen LogP contribution in [-0.2, 0) is 6.18 Å². The van der Waals surface area contributed by atoms with Gasteiger partial charge < -0.3 is 10.6 Å². The number of hydrogen-bond acceptors (Lipinski definition) is 2. The van der Waals surface area contributed by atoms with E-state index in [1.807, 2.05) is 0 Å². The van der Waals surface area contributed by atoms with Crippen molar-refractivity contribution < 1.29 is 22.0 Å². The first-order chi connectivity index (χ1) is 8.69. The Balaban J connectivity index is 2.26. The minimum absolute atomic E-state index is 0.132. The molecule has 0 amide bonds. The summed E-state index contributed by atoms with van der Waals surface area (Å²) in [5.41, 5.74) is 4.77. The van der Waals surface area contributed by atoms with Crippen LogP contribution in [0.4, 0.5) is 33.3 Å². The van der Waals surface area contributed by atoms with E-state index in [-0.39, 0.29) is 24.2 Å².